The van der Waals surface area contributed by atoms with Crippen LogP contribution in [0, 0.1) is 11.8 Å². The van der Waals surface area contributed by atoms with E-state index < -0.39 is 0 Å². The van der Waals surface area contributed by atoms with Crippen LogP contribution >= 0.6 is 11.8 Å². The Hall–Kier alpha value is -0.810. The third-order valence-electron chi connectivity index (χ3n) is 3.91. The highest BCUT2D eigenvalue weighted by atomic mass is 32.2. The molecule has 1 aliphatic carbocycles. The minimum absolute atomic E-state index is 0.140. The van der Waals surface area contributed by atoms with Gasteiger partial charge in [0.05, 0.1) is 12.5 Å². The summed E-state index contributed by atoms with van der Waals surface area (Å²) in [6.07, 6.45) is 7.08. The van der Waals surface area contributed by atoms with E-state index in [0.29, 0.717) is 31.1 Å². The molecule has 1 atom stereocenters. The Labute approximate surface area is 138 Å². The lowest BCUT2D eigenvalue weighted by atomic mass is 9.76. The van der Waals surface area contributed by atoms with E-state index in [-0.39, 0.29) is 23.4 Å². The Morgan fingerprint density at radius 3 is 2.59 bits per heavy atom. The molecule has 0 spiro atoms. The summed E-state index contributed by atoms with van der Waals surface area (Å²) in [5.74, 6) is 1.23. The zero-order valence-corrected chi connectivity index (χ0v) is 14.8. The van der Waals surface area contributed by atoms with E-state index in [2.05, 4.69) is 19.3 Å². The molecule has 0 aliphatic heterocycles. The second-order valence-electron chi connectivity index (χ2n) is 5.79. The van der Waals surface area contributed by atoms with Crippen LogP contribution in [0.15, 0.2) is 12.3 Å². The predicted octanol–water partition coefficient (Wildman–Crippen LogP) is 3.52. The molecule has 1 rings (SSSR count). The first kappa shape index (κ1) is 19.2. The molecule has 5 heteroatoms. The molecule has 1 N–H and O–H groups in total. The minimum Gasteiger partial charge on any atom is -0.299 e. The number of ketones is 2. The fourth-order valence-corrected chi connectivity index (χ4v) is 3.92. The lowest BCUT2D eigenvalue weighted by molar-refractivity contribution is -0.137. The van der Waals surface area contributed by atoms with Crippen LogP contribution in [0.3, 0.4) is 0 Å². The van der Waals surface area contributed by atoms with Crippen LogP contribution in [0.4, 0.5) is 0 Å². The standard InChI is InChI=1S/C17H29NO3S/c1-4-21-18-9-7-6-8-15-16(19)11-14(12-17(15)20)10-13(3)22-5-2/h7,9,13-15,18H,4-6,8,10-12H2,1-3H3. The Balaban J connectivity index is 2.35. The molecule has 4 nitrogen and oxygen atoms in total. The SMILES string of the molecule is CCONC=CCCC1C(=O)CC(CC(C)SCC)CC1=O. The maximum absolute atomic E-state index is 12.2. The van der Waals surface area contributed by atoms with Gasteiger partial charge in [-0.2, -0.15) is 11.8 Å². The summed E-state index contributed by atoms with van der Waals surface area (Å²) < 4.78 is 0. The average Bonchev–Trinajstić information content (AvgIpc) is 2.45. The summed E-state index contributed by atoms with van der Waals surface area (Å²) >= 11 is 1.90. The number of Topliss-reactive ketones (excluding diaryl/α,β-unsaturated/α-hetero) is 2. The molecule has 1 saturated carbocycles. The molecule has 0 radical (unpaired) electrons. The smallest absolute Gasteiger partial charge is 0.143 e. The Bertz CT molecular complexity index is 366. The first-order chi connectivity index (χ1) is 10.6. The molecule has 0 amide bonds. The van der Waals surface area contributed by atoms with Crippen molar-refractivity contribution in [3.05, 3.63) is 12.3 Å². The molecule has 0 aromatic rings. The molecule has 0 saturated heterocycles. The largest absolute Gasteiger partial charge is 0.299 e. The molecule has 0 bridgehead atoms. The summed E-state index contributed by atoms with van der Waals surface area (Å²) in [4.78, 5) is 29.4. The van der Waals surface area contributed by atoms with Crippen molar-refractivity contribution in [2.45, 2.75) is 58.1 Å². The van der Waals surface area contributed by atoms with Crippen molar-refractivity contribution in [1.29, 1.82) is 0 Å². The molecule has 0 aromatic heterocycles. The van der Waals surface area contributed by atoms with Gasteiger partial charge in [-0.25, -0.2) is 0 Å². The number of carbonyl (C=O) groups excluding carboxylic acids is 2. The van der Waals surface area contributed by atoms with Crippen LogP contribution in [-0.2, 0) is 14.4 Å². The first-order valence-electron chi connectivity index (χ1n) is 8.27. The fraction of sp³-hybridized carbons (Fsp3) is 0.765. The van der Waals surface area contributed by atoms with Gasteiger partial charge in [0.25, 0.3) is 0 Å². The average molecular weight is 327 g/mol. The van der Waals surface area contributed by atoms with Gasteiger partial charge in [-0.1, -0.05) is 19.9 Å². The van der Waals surface area contributed by atoms with Crippen molar-refractivity contribution in [2.75, 3.05) is 12.4 Å². The lowest BCUT2D eigenvalue weighted by Gasteiger charge is -2.27. The Kier molecular flexibility index (Phi) is 9.48. The number of hydrogen-bond donors (Lipinski definition) is 1. The highest BCUT2D eigenvalue weighted by molar-refractivity contribution is 7.99. The van der Waals surface area contributed by atoms with E-state index in [9.17, 15) is 9.59 Å². The van der Waals surface area contributed by atoms with Crippen LogP contribution in [0.2, 0.25) is 0 Å². The maximum Gasteiger partial charge on any atom is 0.143 e. The van der Waals surface area contributed by atoms with Gasteiger partial charge in [0.1, 0.15) is 11.6 Å². The van der Waals surface area contributed by atoms with E-state index in [1.807, 2.05) is 24.8 Å². The van der Waals surface area contributed by atoms with E-state index in [1.165, 1.54) is 0 Å². The number of hydrogen-bond acceptors (Lipinski definition) is 5. The molecule has 126 valence electrons. The number of hydroxylamine groups is 1. The van der Waals surface area contributed by atoms with Crippen LogP contribution in [0.5, 0.6) is 0 Å². The number of carbonyl (C=O) groups is 2. The van der Waals surface area contributed by atoms with Gasteiger partial charge < -0.3 is 0 Å². The molecular weight excluding hydrogens is 298 g/mol. The number of allylic oxidation sites excluding steroid dienone is 1. The summed E-state index contributed by atoms with van der Waals surface area (Å²) in [5.41, 5.74) is 2.68. The van der Waals surface area contributed by atoms with Gasteiger partial charge >= 0.3 is 0 Å². The molecular formula is C17H29NO3S. The summed E-state index contributed by atoms with van der Waals surface area (Å²) in [7, 11) is 0. The molecule has 1 fully saturated rings. The maximum atomic E-state index is 12.2. The number of rotatable bonds is 10. The second kappa shape index (κ2) is 10.8. The van der Waals surface area contributed by atoms with Gasteiger partial charge in [0.2, 0.25) is 0 Å². The van der Waals surface area contributed by atoms with Crippen molar-refractivity contribution < 1.29 is 14.4 Å². The highest BCUT2D eigenvalue weighted by Crippen LogP contribution is 2.31. The Morgan fingerprint density at radius 1 is 1.32 bits per heavy atom. The monoisotopic (exact) mass is 327 g/mol. The van der Waals surface area contributed by atoms with Crippen LogP contribution < -0.4 is 5.48 Å². The summed E-state index contributed by atoms with van der Waals surface area (Å²) in [6.45, 7) is 6.82. The van der Waals surface area contributed by atoms with Crippen molar-refractivity contribution >= 4 is 23.3 Å². The van der Waals surface area contributed by atoms with Crippen molar-refractivity contribution in [2.24, 2.45) is 11.8 Å². The number of nitrogens with one attached hydrogen (secondary N) is 1. The van der Waals surface area contributed by atoms with Gasteiger partial charge in [-0.3, -0.25) is 19.9 Å². The first-order valence-corrected chi connectivity index (χ1v) is 9.32. The second-order valence-corrected chi connectivity index (χ2v) is 7.51. The minimum atomic E-state index is -0.387. The molecule has 1 unspecified atom stereocenters. The molecule has 22 heavy (non-hydrogen) atoms. The van der Waals surface area contributed by atoms with Crippen molar-refractivity contribution in [1.82, 2.24) is 5.48 Å². The van der Waals surface area contributed by atoms with Crippen molar-refractivity contribution in [3.8, 4) is 0 Å². The van der Waals surface area contributed by atoms with Crippen LogP contribution in [0.25, 0.3) is 0 Å². The topological polar surface area (TPSA) is 55.4 Å². The van der Waals surface area contributed by atoms with Gasteiger partial charge in [0.15, 0.2) is 0 Å². The summed E-state index contributed by atoms with van der Waals surface area (Å²) in [5, 5.41) is 0.528. The van der Waals surface area contributed by atoms with Gasteiger partial charge in [-0.05, 0) is 37.9 Å². The van der Waals surface area contributed by atoms with E-state index in [0.717, 1.165) is 18.6 Å². The van der Waals surface area contributed by atoms with E-state index in [1.54, 1.807) is 6.20 Å². The predicted molar refractivity (Wildman–Crippen MR) is 91.6 cm³/mol. The van der Waals surface area contributed by atoms with Gasteiger partial charge in [-0.15, -0.1) is 0 Å². The molecule has 0 heterocycles. The third-order valence-corrected chi connectivity index (χ3v) is 5.00. The molecule has 0 aromatic carbocycles. The highest BCUT2D eigenvalue weighted by Gasteiger charge is 2.35. The fourth-order valence-electron chi connectivity index (χ4n) is 2.94. The zero-order valence-electron chi connectivity index (χ0n) is 14.0. The molecule has 1 aliphatic rings. The Morgan fingerprint density at radius 2 is 2.00 bits per heavy atom. The van der Waals surface area contributed by atoms with E-state index >= 15 is 0 Å². The van der Waals surface area contributed by atoms with Crippen LogP contribution in [0.1, 0.15) is 52.9 Å². The quantitative estimate of drug-likeness (QED) is 0.378. The third kappa shape index (κ3) is 6.97. The van der Waals surface area contributed by atoms with Crippen LogP contribution in [-0.4, -0.2) is 29.2 Å². The number of thioether (sulfide) groups is 1. The normalized spacial score (nSPS) is 24.0. The van der Waals surface area contributed by atoms with Crippen molar-refractivity contribution in [3.63, 3.8) is 0 Å². The lowest BCUT2D eigenvalue weighted by Crippen LogP contribution is -2.34. The van der Waals surface area contributed by atoms with E-state index in [4.69, 9.17) is 4.84 Å². The zero-order chi connectivity index (χ0) is 16.4. The summed E-state index contributed by atoms with van der Waals surface area (Å²) in [6, 6.07) is 0. The van der Waals surface area contributed by atoms with Gasteiger partial charge in [0, 0.05) is 24.3 Å².